The van der Waals surface area contributed by atoms with E-state index in [4.69, 9.17) is 0 Å². The van der Waals surface area contributed by atoms with Crippen molar-refractivity contribution >= 4 is 0 Å². The summed E-state index contributed by atoms with van der Waals surface area (Å²) in [4.78, 5) is 0. The summed E-state index contributed by atoms with van der Waals surface area (Å²) in [6.07, 6.45) is 7.84. The molecule has 2 nitrogen and oxygen atoms in total. The smallest absolute Gasteiger partial charge is 0.0801 e. The maximum Gasteiger partial charge on any atom is 0.0801 e. The minimum absolute atomic E-state index is 0.108. The molecule has 2 N–H and O–H groups in total. The average molecular weight is 294 g/mol. The highest BCUT2D eigenvalue weighted by atomic mass is 16.3. The van der Waals surface area contributed by atoms with Crippen LogP contribution < -0.4 is 0 Å². The van der Waals surface area contributed by atoms with Crippen LogP contribution in [0.2, 0.25) is 0 Å². The van der Waals surface area contributed by atoms with Gasteiger partial charge in [-0.25, -0.2) is 0 Å². The Balaban J connectivity index is 2.39. The maximum absolute atomic E-state index is 11.0. The molecule has 2 saturated carbocycles. The van der Waals surface area contributed by atoms with E-state index in [2.05, 4.69) is 27.4 Å². The van der Waals surface area contributed by atoms with Crippen molar-refractivity contribution in [2.24, 2.45) is 22.7 Å². The van der Waals surface area contributed by atoms with Gasteiger partial charge in [0.2, 0.25) is 0 Å². The normalized spacial score (nSPS) is 45.5. The van der Waals surface area contributed by atoms with Crippen LogP contribution in [0.3, 0.4) is 0 Å². The van der Waals surface area contributed by atoms with Crippen LogP contribution in [-0.2, 0) is 0 Å². The highest BCUT2D eigenvalue weighted by molar-refractivity contribution is 5.10. The summed E-state index contributed by atoms with van der Waals surface area (Å²) in [5, 5.41) is 21.5. The van der Waals surface area contributed by atoms with Crippen molar-refractivity contribution < 1.29 is 10.2 Å². The van der Waals surface area contributed by atoms with E-state index < -0.39 is 11.2 Å². The molecule has 0 aromatic carbocycles. The Hall–Kier alpha value is -0.340. The average Bonchev–Trinajstić information content (AvgIpc) is 2.33. The molecule has 0 amide bonds. The largest absolute Gasteiger partial charge is 0.390 e. The van der Waals surface area contributed by atoms with Crippen molar-refractivity contribution in [2.45, 2.75) is 84.3 Å². The fraction of sp³-hybridized carbons (Fsp3) is 0.895. The molecule has 2 rings (SSSR count). The highest BCUT2D eigenvalue weighted by Crippen LogP contribution is 2.63. The minimum atomic E-state index is -0.902. The van der Waals surface area contributed by atoms with E-state index in [0.29, 0.717) is 17.8 Å². The number of aliphatic hydroxyl groups is 2. The minimum Gasteiger partial charge on any atom is -0.390 e. The number of hydrogen-bond donors (Lipinski definition) is 2. The second-order valence-electron chi connectivity index (χ2n) is 9.11. The lowest BCUT2D eigenvalue weighted by molar-refractivity contribution is -0.180. The topological polar surface area (TPSA) is 40.5 Å². The van der Waals surface area contributed by atoms with Crippen molar-refractivity contribution in [3.63, 3.8) is 0 Å². The third kappa shape index (κ3) is 2.94. The second-order valence-corrected chi connectivity index (χ2v) is 9.11. The third-order valence-corrected chi connectivity index (χ3v) is 6.82. The first-order chi connectivity index (χ1) is 9.45. The summed E-state index contributed by atoms with van der Waals surface area (Å²) in [7, 11) is 0. The maximum atomic E-state index is 11.0. The summed E-state index contributed by atoms with van der Waals surface area (Å²) >= 11 is 0. The molecule has 122 valence electrons. The zero-order valence-corrected chi connectivity index (χ0v) is 14.6. The summed E-state index contributed by atoms with van der Waals surface area (Å²) in [6.45, 7) is 14.7. The zero-order valence-electron chi connectivity index (χ0n) is 14.6. The molecule has 0 radical (unpaired) electrons. The SMILES string of the molecule is C=C[C@@](C)(O)C[C@@H]1[C@]2(C)CCCC(C)(C)[C@H]2CC[C@]1(C)O. The number of rotatable bonds is 3. The molecule has 0 heterocycles. The summed E-state index contributed by atoms with van der Waals surface area (Å²) < 4.78 is 0. The molecule has 2 aliphatic carbocycles. The Bertz CT molecular complexity index is 408. The van der Waals surface area contributed by atoms with Gasteiger partial charge in [-0.15, -0.1) is 6.58 Å². The summed E-state index contributed by atoms with van der Waals surface area (Å²) in [6, 6.07) is 0. The van der Waals surface area contributed by atoms with Crippen LogP contribution in [-0.4, -0.2) is 21.4 Å². The molecule has 2 aliphatic rings. The Morgan fingerprint density at radius 3 is 2.38 bits per heavy atom. The monoisotopic (exact) mass is 294 g/mol. The van der Waals surface area contributed by atoms with Crippen LogP contribution in [0.25, 0.3) is 0 Å². The number of hydrogen-bond acceptors (Lipinski definition) is 2. The van der Waals surface area contributed by atoms with E-state index in [1.165, 1.54) is 12.8 Å². The standard InChI is InChI=1S/C19H34O2/c1-7-17(4,20)13-15-18(5)11-8-10-16(2,3)14(18)9-12-19(15,6)21/h7,14-15,20-21H,1,8-13H2,2-6H3/t14-,15-,17-,18-,19+/m1/s1. The quantitative estimate of drug-likeness (QED) is 0.762. The van der Waals surface area contributed by atoms with Crippen LogP contribution in [0.1, 0.15) is 73.1 Å². The van der Waals surface area contributed by atoms with Gasteiger partial charge in [0.25, 0.3) is 0 Å². The molecule has 0 unspecified atom stereocenters. The van der Waals surface area contributed by atoms with Gasteiger partial charge < -0.3 is 10.2 Å². The first kappa shape index (κ1) is 17.0. The van der Waals surface area contributed by atoms with E-state index in [1.807, 2.05) is 13.8 Å². The van der Waals surface area contributed by atoms with Gasteiger partial charge >= 0.3 is 0 Å². The van der Waals surface area contributed by atoms with E-state index in [9.17, 15) is 10.2 Å². The Kier molecular flexibility index (Phi) is 4.13. The van der Waals surface area contributed by atoms with Crippen LogP contribution in [0.5, 0.6) is 0 Å². The van der Waals surface area contributed by atoms with Gasteiger partial charge in [-0.05, 0) is 68.6 Å². The van der Waals surface area contributed by atoms with Gasteiger partial charge in [0.1, 0.15) is 0 Å². The predicted molar refractivity (Wildman–Crippen MR) is 88.0 cm³/mol. The molecule has 2 heteroatoms. The molecule has 0 bridgehead atoms. The zero-order chi connectivity index (χ0) is 16.1. The molecule has 2 fully saturated rings. The van der Waals surface area contributed by atoms with Crippen LogP contribution in [0.4, 0.5) is 0 Å². The van der Waals surface area contributed by atoms with Gasteiger partial charge in [-0.2, -0.15) is 0 Å². The first-order valence-electron chi connectivity index (χ1n) is 8.53. The van der Waals surface area contributed by atoms with Gasteiger partial charge in [0.05, 0.1) is 11.2 Å². The van der Waals surface area contributed by atoms with E-state index in [0.717, 1.165) is 19.3 Å². The van der Waals surface area contributed by atoms with Crippen molar-refractivity contribution in [1.29, 1.82) is 0 Å². The molecule has 0 saturated heterocycles. The Morgan fingerprint density at radius 1 is 1.19 bits per heavy atom. The lowest BCUT2D eigenvalue weighted by atomic mass is 9.44. The summed E-state index contributed by atoms with van der Waals surface area (Å²) in [5.41, 5.74) is -1.15. The third-order valence-electron chi connectivity index (χ3n) is 6.82. The van der Waals surface area contributed by atoms with Crippen LogP contribution in [0.15, 0.2) is 12.7 Å². The molecular weight excluding hydrogens is 260 g/mol. The molecule has 0 aromatic rings. The van der Waals surface area contributed by atoms with Gasteiger partial charge in [-0.1, -0.05) is 33.3 Å². The Morgan fingerprint density at radius 2 is 1.81 bits per heavy atom. The predicted octanol–water partition coefficient (Wildman–Crippen LogP) is 4.31. The van der Waals surface area contributed by atoms with Crippen molar-refractivity contribution in [2.75, 3.05) is 0 Å². The van der Waals surface area contributed by atoms with Crippen molar-refractivity contribution in [3.05, 3.63) is 12.7 Å². The van der Waals surface area contributed by atoms with E-state index >= 15 is 0 Å². The lowest BCUT2D eigenvalue weighted by Crippen LogP contribution is -2.58. The second kappa shape index (κ2) is 5.09. The van der Waals surface area contributed by atoms with E-state index in [-0.39, 0.29) is 11.3 Å². The van der Waals surface area contributed by atoms with Gasteiger partial charge in [0.15, 0.2) is 0 Å². The fourth-order valence-corrected chi connectivity index (χ4v) is 5.57. The molecule has 5 atom stereocenters. The molecule has 0 spiro atoms. The number of fused-ring (bicyclic) bond motifs is 1. The van der Waals surface area contributed by atoms with Crippen LogP contribution in [0, 0.1) is 22.7 Å². The fourth-order valence-electron chi connectivity index (χ4n) is 5.57. The van der Waals surface area contributed by atoms with Gasteiger partial charge in [0, 0.05) is 0 Å². The van der Waals surface area contributed by atoms with Crippen molar-refractivity contribution in [1.82, 2.24) is 0 Å². The molecule has 21 heavy (non-hydrogen) atoms. The molecular formula is C19H34O2. The lowest BCUT2D eigenvalue weighted by Gasteiger charge is -2.62. The Labute approximate surface area is 130 Å². The molecule has 0 aliphatic heterocycles. The first-order valence-corrected chi connectivity index (χ1v) is 8.53. The van der Waals surface area contributed by atoms with Gasteiger partial charge in [-0.3, -0.25) is 0 Å². The van der Waals surface area contributed by atoms with E-state index in [1.54, 1.807) is 6.08 Å². The highest BCUT2D eigenvalue weighted by Gasteiger charge is 2.58. The van der Waals surface area contributed by atoms with Crippen molar-refractivity contribution in [3.8, 4) is 0 Å². The summed E-state index contributed by atoms with van der Waals surface area (Å²) in [5.74, 6) is 0.751. The molecule has 0 aromatic heterocycles. The van der Waals surface area contributed by atoms with Crippen LogP contribution >= 0.6 is 0 Å².